The monoisotopic (exact) mass is 581 g/mol. The second-order valence-corrected chi connectivity index (χ2v) is 12.3. The van der Waals surface area contributed by atoms with Crippen molar-refractivity contribution in [1.29, 1.82) is 0 Å². The van der Waals surface area contributed by atoms with Crippen LogP contribution in [-0.4, -0.2) is 48.1 Å². The van der Waals surface area contributed by atoms with Gasteiger partial charge in [0.1, 0.15) is 23.4 Å². The minimum absolute atomic E-state index is 0.239. The molecule has 2 rings (SSSR count). The maximum Gasteiger partial charge on any atom is 0.408 e. The maximum atomic E-state index is 14.4. The first-order valence-electron chi connectivity index (χ1n) is 15.1. The molecule has 0 heterocycles. The van der Waals surface area contributed by atoms with Gasteiger partial charge in [0.05, 0.1) is 7.11 Å². The van der Waals surface area contributed by atoms with E-state index in [0.717, 1.165) is 48.8 Å². The molecule has 232 valence electrons. The van der Waals surface area contributed by atoms with Crippen molar-refractivity contribution in [2.45, 2.75) is 105 Å². The van der Waals surface area contributed by atoms with Gasteiger partial charge in [-0.2, -0.15) is 0 Å². The van der Waals surface area contributed by atoms with Crippen LogP contribution in [0.15, 0.2) is 42.5 Å². The molecule has 0 bridgehead atoms. The fourth-order valence-corrected chi connectivity index (χ4v) is 4.85. The average molecular weight is 582 g/mol. The number of aryl methyl sites for hydroxylation is 2. The van der Waals surface area contributed by atoms with Crippen LogP contribution < -0.4 is 15.4 Å². The Hall–Kier alpha value is -3.55. The summed E-state index contributed by atoms with van der Waals surface area (Å²) in [6.07, 6.45) is 4.27. The Bertz CT molecular complexity index is 1170. The van der Waals surface area contributed by atoms with Gasteiger partial charge in [0.2, 0.25) is 5.91 Å². The zero-order valence-electron chi connectivity index (χ0n) is 27.0. The van der Waals surface area contributed by atoms with Gasteiger partial charge >= 0.3 is 6.09 Å². The van der Waals surface area contributed by atoms with Crippen molar-refractivity contribution in [1.82, 2.24) is 10.2 Å². The summed E-state index contributed by atoms with van der Waals surface area (Å²) in [5.74, 6) is -0.206. The first-order valence-corrected chi connectivity index (χ1v) is 15.1. The third kappa shape index (κ3) is 10.7. The molecule has 0 aliphatic carbocycles. The Balaban J connectivity index is 2.55. The van der Waals surface area contributed by atoms with Crippen molar-refractivity contribution < 1.29 is 23.9 Å². The Morgan fingerprint density at radius 1 is 0.929 bits per heavy atom. The van der Waals surface area contributed by atoms with Crippen molar-refractivity contribution in [3.63, 3.8) is 0 Å². The minimum atomic E-state index is -0.909. The first kappa shape index (κ1) is 34.7. The molecule has 8 nitrogen and oxygen atoms in total. The summed E-state index contributed by atoms with van der Waals surface area (Å²) in [5, 5.41) is 5.82. The molecule has 0 saturated heterocycles. The van der Waals surface area contributed by atoms with Crippen molar-refractivity contribution in [3.8, 4) is 5.75 Å². The van der Waals surface area contributed by atoms with Gasteiger partial charge in [-0.05, 0) is 82.3 Å². The number of ether oxygens (including phenoxy) is 2. The van der Waals surface area contributed by atoms with Crippen LogP contribution in [0.3, 0.4) is 0 Å². The second-order valence-electron chi connectivity index (χ2n) is 12.3. The van der Waals surface area contributed by atoms with Crippen molar-refractivity contribution >= 4 is 23.6 Å². The number of amides is 3. The van der Waals surface area contributed by atoms with Crippen molar-refractivity contribution in [2.75, 3.05) is 19.0 Å². The van der Waals surface area contributed by atoms with E-state index in [1.54, 1.807) is 57.0 Å². The highest BCUT2D eigenvalue weighted by atomic mass is 16.6. The van der Waals surface area contributed by atoms with Gasteiger partial charge in [0.25, 0.3) is 5.91 Å². The number of nitrogens with one attached hydrogen (secondary N) is 2. The second kappa shape index (κ2) is 16.2. The van der Waals surface area contributed by atoms with Gasteiger partial charge in [0.15, 0.2) is 0 Å². The molecule has 0 aromatic heterocycles. The largest absolute Gasteiger partial charge is 0.497 e. The smallest absolute Gasteiger partial charge is 0.408 e. The van der Waals surface area contributed by atoms with E-state index >= 15 is 0 Å². The lowest BCUT2D eigenvalue weighted by atomic mass is 9.94. The standard InChI is InChI=1S/C34H51N3O5/c1-10-11-12-13-14-21-37(32(39)29(23(2)3)36-33(40)42-34(6,7)8)30(28-20-15-24(4)22-25(28)5)31(38)35-26-16-18-27(41-9)19-17-26/h15-20,22-23,29-30H,10-14,21H2,1-9H3,(H,35,38)(H,36,40). The number of anilines is 1. The van der Waals surface area contributed by atoms with Crippen LogP contribution >= 0.6 is 0 Å². The summed E-state index contributed by atoms with van der Waals surface area (Å²) < 4.78 is 10.7. The van der Waals surface area contributed by atoms with Gasteiger partial charge in [-0.1, -0.05) is 70.2 Å². The van der Waals surface area contributed by atoms with E-state index in [9.17, 15) is 14.4 Å². The van der Waals surface area contributed by atoms with Gasteiger partial charge in [-0.25, -0.2) is 4.79 Å². The fourth-order valence-electron chi connectivity index (χ4n) is 4.85. The summed E-state index contributed by atoms with van der Waals surface area (Å²) in [6.45, 7) is 15.6. The first-order chi connectivity index (χ1) is 19.8. The lowest BCUT2D eigenvalue weighted by Gasteiger charge is -2.36. The summed E-state index contributed by atoms with van der Waals surface area (Å²) in [7, 11) is 1.59. The Labute approximate surface area is 252 Å². The molecule has 0 saturated carbocycles. The zero-order chi connectivity index (χ0) is 31.4. The molecule has 2 aromatic carbocycles. The molecule has 2 N–H and O–H groups in total. The van der Waals surface area contributed by atoms with E-state index in [-0.39, 0.29) is 17.7 Å². The number of unbranched alkanes of at least 4 members (excludes halogenated alkanes) is 4. The van der Waals surface area contributed by atoms with E-state index in [4.69, 9.17) is 9.47 Å². The molecular weight excluding hydrogens is 530 g/mol. The van der Waals surface area contributed by atoms with Crippen molar-refractivity contribution in [2.24, 2.45) is 5.92 Å². The number of benzene rings is 2. The average Bonchev–Trinajstić information content (AvgIpc) is 2.90. The van der Waals surface area contributed by atoms with Crippen LogP contribution in [0.4, 0.5) is 10.5 Å². The Morgan fingerprint density at radius 2 is 1.57 bits per heavy atom. The highest BCUT2D eigenvalue weighted by molar-refractivity contribution is 5.99. The molecule has 0 radical (unpaired) electrons. The lowest BCUT2D eigenvalue weighted by Crippen LogP contribution is -2.54. The molecule has 2 atom stereocenters. The van der Waals surface area contributed by atoms with Crippen LogP contribution in [0, 0.1) is 19.8 Å². The molecule has 8 heteroatoms. The molecule has 2 unspecified atom stereocenters. The number of carbonyl (C=O) groups excluding carboxylic acids is 3. The van der Waals surface area contributed by atoms with Crippen LogP contribution in [0.2, 0.25) is 0 Å². The van der Waals surface area contributed by atoms with Gasteiger partial charge < -0.3 is 25.0 Å². The molecule has 2 aromatic rings. The topological polar surface area (TPSA) is 97.0 Å². The SMILES string of the molecule is CCCCCCCN(C(=O)C(NC(=O)OC(C)(C)C)C(C)C)C(C(=O)Nc1ccc(OC)cc1)c1ccc(C)cc1C. The van der Waals surface area contributed by atoms with E-state index in [1.807, 2.05) is 45.9 Å². The molecule has 0 aliphatic rings. The van der Waals surface area contributed by atoms with Crippen molar-refractivity contribution in [3.05, 3.63) is 59.2 Å². The summed E-state index contributed by atoms with van der Waals surface area (Å²) in [6, 6.07) is 11.2. The Morgan fingerprint density at radius 3 is 2.12 bits per heavy atom. The number of hydrogen-bond donors (Lipinski definition) is 2. The number of rotatable bonds is 14. The highest BCUT2D eigenvalue weighted by Crippen LogP contribution is 2.29. The fraction of sp³-hybridized carbons (Fsp3) is 0.559. The van der Waals surface area contributed by atoms with E-state index < -0.39 is 23.8 Å². The van der Waals surface area contributed by atoms with E-state index in [2.05, 4.69) is 17.6 Å². The summed E-state index contributed by atoms with van der Waals surface area (Å²) >= 11 is 0. The van der Waals surface area contributed by atoms with Gasteiger partial charge in [-0.15, -0.1) is 0 Å². The number of methoxy groups -OCH3 is 1. The molecule has 0 spiro atoms. The third-order valence-corrected chi connectivity index (χ3v) is 7.03. The minimum Gasteiger partial charge on any atom is -0.497 e. The molecule has 0 fully saturated rings. The number of alkyl carbamates (subject to hydrolysis) is 1. The van der Waals surface area contributed by atoms with E-state index in [1.165, 1.54) is 0 Å². The van der Waals surface area contributed by atoms with Crippen LogP contribution in [0.1, 0.15) is 96.4 Å². The zero-order valence-corrected chi connectivity index (χ0v) is 27.0. The molecule has 3 amide bonds. The van der Waals surface area contributed by atoms with Crippen LogP contribution in [0.5, 0.6) is 5.75 Å². The normalized spacial score (nSPS) is 12.8. The number of carbonyl (C=O) groups is 3. The molecule has 42 heavy (non-hydrogen) atoms. The van der Waals surface area contributed by atoms with Gasteiger partial charge in [0, 0.05) is 12.2 Å². The molecule has 0 aliphatic heterocycles. The van der Waals surface area contributed by atoms with Gasteiger partial charge in [-0.3, -0.25) is 9.59 Å². The summed E-state index contributed by atoms with van der Waals surface area (Å²) in [4.78, 5) is 43.0. The highest BCUT2D eigenvalue weighted by Gasteiger charge is 2.38. The maximum absolute atomic E-state index is 14.4. The Kier molecular flexibility index (Phi) is 13.4. The van der Waals surface area contributed by atoms with Crippen LogP contribution in [0.25, 0.3) is 0 Å². The number of nitrogens with zero attached hydrogens (tertiary/aromatic N) is 1. The third-order valence-electron chi connectivity index (χ3n) is 7.03. The number of hydrogen-bond acceptors (Lipinski definition) is 5. The lowest BCUT2D eigenvalue weighted by molar-refractivity contribution is -0.141. The van der Waals surface area contributed by atoms with E-state index in [0.29, 0.717) is 18.0 Å². The van der Waals surface area contributed by atoms with Crippen LogP contribution in [-0.2, 0) is 14.3 Å². The predicted molar refractivity (Wildman–Crippen MR) is 169 cm³/mol. The summed E-state index contributed by atoms with van der Waals surface area (Å²) in [5.41, 5.74) is 2.60. The predicted octanol–water partition coefficient (Wildman–Crippen LogP) is 7.34. The molecular formula is C34H51N3O5. The quantitative estimate of drug-likeness (QED) is 0.228.